The molecule has 0 aliphatic heterocycles. The van der Waals surface area contributed by atoms with Crippen molar-refractivity contribution in [2.24, 2.45) is 4.99 Å². The van der Waals surface area contributed by atoms with Gasteiger partial charge in [0.05, 0.1) is 21.4 Å². The van der Waals surface area contributed by atoms with E-state index in [0.29, 0.717) is 38.4 Å². The minimum atomic E-state index is -0.254. The van der Waals surface area contributed by atoms with Gasteiger partial charge in [0.2, 0.25) is 0 Å². The monoisotopic (exact) mass is 408 g/mol. The third-order valence-corrected chi connectivity index (χ3v) is 4.73. The van der Waals surface area contributed by atoms with Gasteiger partial charge in [-0.25, -0.2) is 4.98 Å². The average Bonchev–Trinajstić information content (AvgIpc) is 2.71. The van der Waals surface area contributed by atoms with Crippen LogP contribution in [0.25, 0.3) is 5.65 Å². The Morgan fingerprint density at radius 2 is 1.64 bits per heavy atom. The molecule has 0 unspecified atom stereocenters. The summed E-state index contributed by atoms with van der Waals surface area (Å²) < 4.78 is 1.46. The Bertz CT molecular complexity index is 1250. The van der Waals surface area contributed by atoms with Crippen LogP contribution in [0.5, 0.6) is 0 Å². The molecule has 7 heteroatoms. The lowest BCUT2D eigenvalue weighted by atomic mass is 10.2. The standard InChI is InChI=1S/C21H14Cl2N4O/c22-15-7-1-3-9-17(15)24-13-14-20(25-18-10-4-2-8-16(18)23)26-19-11-5-6-12-27(19)21(14)28/h1-13,25H. The van der Waals surface area contributed by atoms with Gasteiger partial charge in [0.25, 0.3) is 5.56 Å². The molecule has 0 saturated heterocycles. The number of anilines is 2. The van der Waals surface area contributed by atoms with Gasteiger partial charge in [-0.1, -0.05) is 53.5 Å². The molecule has 1 N–H and O–H groups in total. The second-order valence-electron chi connectivity index (χ2n) is 5.92. The second-order valence-corrected chi connectivity index (χ2v) is 6.74. The fourth-order valence-electron chi connectivity index (χ4n) is 2.70. The van der Waals surface area contributed by atoms with E-state index in [1.807, 2.05) is 36.4 Å². The molecule has 0 atom stereocenters. The van der Waals surface area contributed by atoms with Crippen molar-refractivity contribution in [3.63, 3.8) is 0 Å². The van der Waals surface area contributed by atoms with Gasteiger partial charge in [-0.15, -0.1) is 0 Å². The largest absolute Gasteiger partial charge is 0.338 e. The minimum absolute atomic E-state index is 0.254. The molecule has 4 rings (SSSR count). The predicted molar refractivity (Wildman–Crippen MR) is 115 cm³/mol. The number of benzene rings is 2. The molecule has 0 aliphatic carbocycles. The van der Waals surface area contributed by atoms with Crippen LogP contribution in [0, 0.1) is 0 Å². The highest BCUT2D eigenvalue weighted by molar-refractivity contribution is 6.33. The summed E-state index contributed by atoms with van der Waals surface area (Å²) >= 11 is 12.4. The Morgan fingerprint density at radius 3 is 2.43 bits per heavy atom. The van der Waals surface area contributed by atoms with Crippen molar-refractivity contribution in [1.82, 2.24) is 9.38 Å². The molecule has 0 amide bonds. The zero-order valence-corrected chi connectivity index (χ0v) is 16.0. The summed E-state index contributed by atoms with van der Waals surface area (Å²) in [7, 11) is 0. The van der Waals surface area contributed by atoms with Crippen LogP contribution in [0.4, 0.5) is 17.2 Å². The van der Waals surface area contributed by atoms with Gasteiger partial charge in [-0.3, -0.25) is 14.2 Å². The first-order chi connectivity index (χ1) is 13.6. The summed E-state index contributed by atoms with van der Waals surface area (Å²) in [5.74, 6) is 0.361. The van der Waals surface area contributed by atoms with Crippen LogP contribution in [0.2, 0.25) is 10.0 Å². The van der Waals surface area contributed by atoms with Crippen LogP contribution in [0.15, 0.2) is 82.7 Å². The molecular weight excluding hydrogens is 395 g/mol. The normalized spacial score (nSPS) is 11.2. The van der Waals surface area contributed by atoms with Crippen molar-refractivity contribution in [2.45, 2.75) is 0 Å². The van der Waals surface area contributed by atoms with Gasteiger partial charge in [0, 0.05) is 12.4 Å². The molecule has 0 spiro atoms. The zero-order valence-electron chi connectivity index (χ0n) is 14.5. The topological polar surface area (TPSA) is 58.8 Å². The lowest BCUT2D eigenvalue weighted by molar-refractivity contribution is 1.04. The summed E-state index contributed by atoms with van der Waals surface area (Å²) in [6.07, 6.45) is 3.13. The Hall–Kier alpha value is -3.15. The molecule has 0 bridgehead atoms. The lowest BCUT2D eigenvalue weighted by Crippen LogP contribution is -2.21. The number of hydrogen-bond donors (Lipinski definition) is 1. The van der Waals surface area contributed by atoms with Gasteiger partial charge in [0.1, 0.15) is 17.0 Å². The van der Waals surface area contributed by atoms with Gasteiger partial charge in [0.15, 0.2) is 0 Å². The number of hydrogen-bond acceptors (Lipinski definition) is 4. The molecule has 138 valence electrons. The van der Waals surface area contributed by atoms with Crippen LogP contribution >= 0.6 is 23.2 Å². The van der Waals surface area contributed by atoms with E-state index in [0.717, 1.165) is 0 Å². The number of rotatable bonds is 4. The molecule has 28 heavy (non-hydrogen) atoms. The number of halogens is 2. The van der Waals surface area contributed by atoms with Crippen molar-refractivity contribution in [1.29, 1.82) is 0 Å². The van der Waals surface area contributed by atoms with Crippen molar-refractivity contribution < 1.29 is 0 Å². The number of para-hydroxylation sites is 2. The molecule has 0 radical (unpaired) electrons. The third-order valence-electron chi connectivity index (χ3n) is 4.08. The lowest BCUT2D eigenvalue weighted by Gasteiger charge is -2.11. The van der Waals surface area contributed by atoms with Gasteiger partial charge in [-0.2, -0.15) is 0 Å². The van der Waals surface area contributed by atoms with E-state index in [-0.39, 0.29) is 5.56 Å². The number of nitrogens with one attached hydrogen (secondary N) is 1. The van der Waals surface area contributed by atoms with E-state index in [9.17, 15) is 4.79 Å². The van der Waals surface area contributed by atoms with Crippen molar-refractivity contribution in [3.8, 4) is 0 Å². The Kier molecular flexibility index (Phi) is 5.10. The maximum absolute atomic E-state index is 13.1. The number of fused-ring (bicyclic) bond motifs is 1. The molecule has 0 aliphatic rings. The summed E-state index contributed by atoms with van der Waals surface area (Å²) in [5, 5.41) is 4.16. The number of nitrogens with zero attached hydrogens (tertiary/aromatic N) is 3. The van der Waals surface area contributed by atoms with E-state index < -0.39 is 0 Å². The molecule has 0 saturated carbocycles. The van der Waals surface area contributed by atoms with Crippen molar-refractivity contribution in [2.75, 3.05) is 5.32 Å². The summed E-state index contributed by atoms with van der Waals surface area (Å²) in [4.78, 5) is 22.0. The van der Waals surface area contributed by atoms with Crippen LogP contribution < -0.4 is 10.9 Å². The highest BCUT2D eigenvalue weighted by atomic mass is 35.5. The van der Waals surface area contributed by atoms with Crippen molar-refractivity contribution in [3.05, 3.63) is 98.9 Å². The Labute approximate surface area is 170 Å². The summed E-state index contributed by atoms with van der Waals surface area (Å²) in [6, 6.07) is 19.7. The molecule has 2 heterocycles. The van der Waals surface area contributed by atoms with Gasteiger partial charge in [-0.05, 0) is 36.4 Å². The average molecular weight is 409 g/mol. The van der Waals surface area contributed by atoms with E-state index in [4.69, 9.17) is 23.2 Å². The smallest absolute Gasteiger partial charge is 0.268 e. The maximum Gasteiger partial charge on any atom is 0.268 e. The second kappa shape index (κ2) is 7.84. The molecular formula is C21H14Cl2N4O. The quantitative estimate of drug-likeness (QED) is 0.453. The van der Waals surface area contributed by atoms with E-state index in [1.54, 1.807) is 36.5 Å². The first-order valence-electron chi connectivity index (χ1n) is 8.45. The fraction of sp³-hybridized carbons (Fsp3) is 0. The number of aromatic nitrogens is 2. The zero-order chi connectivity index (χ0) is 19.5. The number of pyridine rings is 1. The predicted octanol–water partition coefficient (Wildman–Crippen LogP) is 5.50. The highest BCUT2D eigenvalue weighted by Gasteiger charge is 2.13. The van der Waals surface area contributed by atoms with E-state index in [2.05, 4.69) is 15.3 Å². The van der Waals surface area contributed by atoms with Crippen LogP contribution in [0.3, 0.4) is 0 Å². The summed E-state index contributed by atoms with van der Waals surface area (Å²) in [6.45, 7) is 0. The minimum Gasteiger partial charge on any atom is -0.338 e. The summed E-state index contributed by atoms with van der Waals surface area (Å²) in [5.41, 5.74) is 1.76. The molecule has 4 aromatic rings. The molecule has 2 aromatic heterocycles. The van der Waals surface area contributed by atoms with E-state index >= 15 is 0 Å². The number of aliphatic imine (C=N–C) groups is 1. The van der Waals surface area contributed by atoms with Crippen LogP contribution in [-0.4, -0.2) is 15.6 Å². The van der Waals surface area contributed by atoms with E-state index in [1.165, 1.54) is 10.6 Å². The SMILES string of the molecule is O=c1c(C=Nc2ccccc2Cl)c(Nc2ccccc2Cl)nc2ccccn12. The first kappa shape index (κ1) is 18.2. The molecule has 5 nitrogen and oxygen atoms in total. The molecule has 2 aromatic carbocycles. The van der Waals surface area contributed by atoms with Gasteiger partial charge >= 0.3 is 0 Å². The third kappa shape index (κ3) is 3.63. The maximum atomic E-state index is 13.1. The van der Waals surface area contributed by atoms with Crippen LogP contribution in [0.1, 0.15) is 5.56 Å². The van der Waals surface area contributed by atoms with Crippen molar-refractivity contribution >= 4 is 52.3 Å². The highest BCUT2D eigenvalue weighted by Crippen LogP contribution is 2.26. The molecule has 0 fully saturated rings. The first-order valence-corrected chi connectivity index (χ1v) is 9.20. The fourth-order valence-corrected chi connectivity index (χ4v) is 3.06. The van der Waals surface area contributed by atoms with Gasteiger partial charge < -0.3 is 5.32 Å². The Balaban J connectivity index is 1.87. The van der Waals surface area contributed by atoms with Crippen LogP contribution in [-0.2, 0) is 0 Å². The Morgan fingerprint density at radius 1 is 0.929 bits per heavy atom.